The molecule has 1 aliphatic heterocycles. The Hall–Kier alpha value is 0.120. The molecule has 2 rings (SSSR count). The summed E-state index contributed by atoms with van der Waals surface area (Å²) >= 11 is 2.23. The number of halogens is 1. The first-order valence-corrected chi connectivity index (χ1v) is 7.74. The SMILES string of the molecule is O=C(N[C@H]1CC[C@H](NI)CC1)C1CCNCC1. The Kier molecular flexibility index (Phi) is 5.49. The monoisotopic (exact) mass is 351 g/mol. The van der Waals surface area contributed by atoms with Crippen LogP contribution in [0, 0.1) is 5.92 Å². The zero-order valence-corrected chi connectivity index (χ0v) is 12.3. The zero-order valence-electron chi connectivity index (χ0n) is 10.2. The number of rotatable bonds is 3. The van der Waals surface area contributed by atoms with Crippen LogP contribution >= 0.6 is 22.9 Å². The van der Waals surface area contributed by atoms with Crippen LogP contribution in [0.25, 0.3) is 0 Å². The lowest BCUT2D eigenvalue weighted by molar-refractivity contribution is -0.126. The van der Waals surface area contributed by atoms with Crippen LogP contribution in [0.1, 0.15) is 38.5 Å². The Bertz CT molecular complexity index is 248. The molecule has 2 aliphatic rings. The number of piperidine rings is 1. The van der Waals surface area contributed by atoms with E-state index in [1.165, 1.54) is 12.8 Å². The predicted molar refractivity (Wildman–Crippen MR) is 76.9 cm³/mol. The molecule has 0 aromatic rings. The molecule has 0 atom stereocenters. The molecule has 98 valence electrons. The van der Waals surface area contributed by atoms with Crippen LogP contribution in [-0.2, 0) is 4.79 Å². The second kappa shape index (κ2) is 6.89. The van der Waals surface area contributed by atoms with Crippen LogP contribution in [0.3, 0.4) is 0 Å². The number of hydrogen-bond donors (Lipinski definition) is 3. The Labute approximate surface area is 117 Å². The van der Waals surface area contributed by atoms with Gasteiger partial charge < -0.3 is 10.6 Å². The average Bonchev–Trinajstić information content (AvgIpc) is 2.40. The van der Waals surface area contributed by atoms with Gasteiger partial charge in [0.2, 0.25) is 5.91 Å². The summed E-state index contributed by atoms with van der Waals surface area (Å²) in [5.74, 6) is 0.536. The van der Waals surface area contributed by atoms with E-state index in [2.05, 4.69) is 37.0 Å². The third kappa shape index (κ3) is 4.06. The third-order valence-corrected chi connectivity index (χ3v) is 4.82. The number of carbonyl (C=O) groups excluding carboxylic acids is 1. The minimum absolute atomic E-state index is 0.247. The van der Waals surface area contributed by atoms with Gasteiger partial charge in [-0.05, 0) is 51.6 Å². The fourth-order valence-corrected chi connectivity index (χ4v) is 3.37. The summed E-state index contributed by atoms with van der Waals surface area (Å²) in [7, 11) is 0. The number of carbonyl (C=O) groups is 1. The normalized spacial score (nSPS) is 31.1. The molecule has 2 fully saturated rings. The van der Waals surface area contributed by atoms with Crippen LogP contribution in [0.2, 0.25) is 0 Å². The van der Waals surface area contributed by atoms with Gasteiger partial charge in [-0.1, -0.05) is 0 Å². The van der Waals surface area contributed by atoms with E-state index in [-0.39, 0.29) is 11.8 Å². The maximum Gasteiger partial charge on any atom is 0.223 e. The number of nitrogens with one attached hydrogen (secondary N) is 3. The standard InChI is InChI=1S/C12H22IN3O/c13-16-11-3-1-10(2-4-11)15-12(17)9-5-7-14-8-6-9/h9-11,14,16H,1-8H2,(H,15,17)/t10-,11-. The highest BCUT2D eigenvalue weighted by Crippen LogP contribution is 2.20. The first kappa shape index (κ1) is 13.5. The molecule has 0 radical (unpaired) electrons. The first-order valence-electron chi connectivity index (χ1n) is 6.67. The largest absolute Gasteiger partial charge is 0.353 e. The van der Waals surface area contributed by atoms with Crippen LogP contribution in [0.4, 0.5) is 0 Å². The Balaban J connectivity index is 1.71. The molecular formula is C12H22IN3O. The van der Waals surface area contributed by atoms with Gasteiger partial charge in [0.1, 0.15) is 0 Å². The molecule has 1 amide bonds. The molecule has 1 heterocycles. The van der Waals surface area contributed by atoms with Crippen molar-refractivity contribution in [2.24, 2.45) is 5.92 Å². The second-order valence-electron chi connectivity index (χ2n) is 5.19. The van der Waals surface area contributed by atoms with Gasteiger partial charge in [0.15, 0.2) is 0 Å². The molecular weight excluding hydrogens is 329 g/mol. The van der Waals surface area contributed by atoms with E-state index < -0.39 is 0 Å². The quantitative estimate of drug-likeness (QED) is 0.532. The van der Waals surface area contributed by atoms with Gasteiger partial charge >= 0.3 is 0 Å². The summed E-state index contributed by atoms with van der Waals surface area (Å²) in [5, 5.41) is 6.53. The summed E-state index contributed by atoms with van der Waals surface area (Å²) in [6.07, 6.45) is 6.60. The smallest absolute Gasteiger partial charge is 0.223 e. The van der Waals surface area contributed by atoms with Crippen molar-refractivity contribution in [2.45, 2.75) is 50.6 Å². The van der Waals surface area contributed by atoms with Crippen LogP contribution in [-0.4, -0.2) is 31.1 Å². The van der Waals surface area contributed by atoms with E-state index in [1.807, 2.05) is 0 Å². The molecule has 1 aliphatic carbocycles. The van der Waals surface area contributed by atoms with Crippen molar-refractivity contribution in [1.82, 2.24) is 14.2 Å². The summed E-state index contributed by atoms with van der Waals surface area (Å²) in [4.78, 5) is 12.1. The van der Waals surface area contributed by atoms with Crippen molar-refractivity contribution in [1.29, 1.82) is 0 Å². The van der Waals surface area contributed by atoms with Crippen LogP contribution < -0.4 is 14.2 Å². The molecule has 3 N–H and O–H groups in total. The molecule has 0 unspecified atom stereocenters. The molecule has 5 heteroatoms. The van der Waals surface area contributed by atoms with Crippen molar-refractivity contribution >= 4 is 28.8 Å². The lowest BCUT2D eigenvalue weighted by Gasteiger charge is -2.30. The van der Waals surface area contributed by atoms with Gasteiger partial charge in [0, 0.05) is 40.9 Å². The topological polar surface area (TPSA) is 53.2 Å². The molecule has 1 saturated heterocycles. The average molecular weight is 351 g/mol. The third-order valence-electron chi connectivity index (χ3n) is 3.94. The van der Waals surface area contributed by atoms with E-state index in [1.54, 1.807) is 0 Å². The minimum Gasteiger partial charge on any atom is -0.353 e. The van der Waals surface area contributed by atoms with Gasteiger partial charge in [0.05, 0.1) is 0 Å². The van der Waals surface area contributed by atoms with E-state index in [0.29, 0.717) is 12.1 Å². The molecule has 17 heavy (non-hydrogen) atoms. The first-order chi connectivity index (χ1) is 8.29. The van der Waals surface area contributed by atoms with Gasteiger partial charge in [-0.2, -0.15) is 0 Å². The molecule has 0 spiro atoms. The fraction of sp³-hybridized carbons (Fsp3) is 0.917. The number of amides is 1. The van der Waals surface area contributed by atoms with Crippen LogP contribution in [0.5, 0.6) is 0 Å². The number of hydrogen-bond acceptors (Lipinski definition) is 3. The Morgan fingerprint density at radius 2 is 1.59 bits per heavy atom. The van der Waals surface area contributed by atoms with Crippen molar-refractivity contribution in [3.8, 4) is 0 Å². The van der Waals surface area contributed by atoms with Gasteiger partial charge in [-0.25, -0.2) is 0 Å². The van der Waals surface area contributed by atoms with Crippen molar-refractivity contribution in [3.63, 3.8) is 0 Å². The summed E-state index contributed by atoms with van der Waals surface area (Å²) < 4.78 is 3.29. The Morgan fingerprint density at radius 3 is 2.18 bits per heavy atom. The van der Waals surface area contributed by atoms with Crippen LogP contribution in [0.15, 0.2) is 0 Å². The van der Waals surface area contributed by atoms with E-state index in [4.69, 9.17) is 0 Å². The fourth-order valence-electron chi connectivity index (χ4n) is 2.75. The maximum absolute atomic E-state index is 12.1. The highest BCUT2D eigenvalue weighted by Gasteiger charge is 2.26. The summed E-state index contributed by atoms with van der Waals surface area (Å²) in [5.41, 5.74) is 0. The minimum atomic E-state index is 0.247. The van der Waals surface area contributed by atoms with Gasteiger partial charge in [-0.15, -0.1) is 0 Å². The second-order valence-corrected chi connectivity index (χ2v) is 5.81. The van der Waals surface area contributed by atoms with E-state index >= 15 is 0 Å². The Morgan fingerprint density at radius 1 is 1.00 bits per heavy atom. The van der Waals surface area contributed by atoms with Gasteiger partial charge in [0.25, 0.3) is 0 Å². The van der Waals surface area contributed by atoms with Crippen molar-refractivity contribution in [3.05, 3.63) is 0 Å². The zero-order chi connectivity index (χ0) is 12.1. The highest BCUT2D eigenvalue weighted by atomic mass is 127. The summed E-state index contributed by atoms with van der Waals surface area (Å²) in [6.45, 7) is 1.98. The molecule has 0 aromatic carbocycles. The molecule has 4 nitrogen and oxygen atoms in total. The maximum atomic E-state index is 12.1. The lowest BCUT2D eigenvalue weighted by atomic mass is 9.90. The molecule has 0 aromatic heterocycles. The van der Waals surface area contributed by atoms with E-state index in [9.17, 15) is 4.79 Å². The van der Waals surface area contributed by atoms with Crippen molar-refractivity contribution in [2.75, 3.05) is 13.1 Å². The highest BCUT2D eigenvalue weighted by molar-refractivity contribution is 14.1. The summed E-state index contributed by atoms with van der Waals surface area (Å²) in [6, 6.07) is 1.06. The lowest BCUT2D eigenvalue weighted by Crippen LogP contribution is -2.45. The predicted octanol–water partition coefficient (Wildman–Crippen LogP) is 1.35. The van der Waals surface area contributed by atoms with Gasteiger partial charge in [-0.3, -0.25) is 8.32 Å². The van der Waals surface area contributed by atoms with Crippen molar-refractivity contribution < 1.29 is 4.79 Å². The van der Waals surface area contributed by atoms with E-state index in [0.717, 1.165) is 38.8 Å². The molecule has 0 bridgehead atoms. The molecule has 1 saturated carbocycles.